The van der Waals surface area contributed by atoms with Crippen molar-refractivity contribution in [2.24, 2.45) is 0 Å². The summed E-state index contributed by atoms with van der Waals surface area (Å²) in [6.45, 7) is 1.67. The van der Waals surface area contributed by atoms with Crippen molar-refractivity contribution in [1.29, 1.82) is 0 Å². The van der Waals surface area contributed by atoms with Crippen LogP contribution in [0.15, 0.2) is 28.2 Å². The second-order valence-electron chi connectivity index (χ2n) is 5.29. The number of benzene rings is 1. The van der Waals surface area contributed by atoms with E-state index in [0.29, 0.717) is 5.16 Å². The van der Waals surface area contributed by atoms with Crippen LogP contribution in [0.4, 0.5) is 10.1 Å². The Morgan fingerprint density at radius 2 is 2.30 bits per heavy atom. The highest BCUT2D eigenvalue weighted by Gasteiger charge is 2.30. The molecule has 1 heterocycles. The molecule has 23 heavy (non-hydrogen) atoms. The molecule has 0 aliphatic heterocycles. The van der Waals surface area contributed by atoms with Crippen LogP contribution >= 0.6 is 23.4 Å². The lowest BCUT2D eigenvalue weighted by Crippen LogP contribution is -2.24. The van der Waals surface area contributed by atoms with E-state index in [0.717, 1.165) is 30.7 Å². The molecule has 0 radical (unpaired) electrons. The van der Waals surface area contributed by atoms with Crippen LogP contribution in [0.25, 0.3) is 0 Å². The average molecular weight is 357 g/mol. The molecule has 1 aliphatic carbocycles. The summed E-state index contributed by atoms with van der Waals surface area (Å²) in [5.74, 6) is -0.980. The van der Waals surface area contributed by atoms with Crippen molar-refractivity contribution in [1.82, 2.24) is 14.8 Å². The first-order chi connectivity index (χ1) is 11.0. The Bertz CT molecular complexity index is 802. The van der Waals surface area contributed by atoms with Gasteiger partial charge in [0.1, 0.15) is 5.82 Å². The average Bonchev–Trinajstić information content (AvgIpc) is 3.26. The number of nitrogens with zero attached hydrogens (tertiary/aromatic N) is 2. The van der Waals surface area contributed by atoms with E-state index in [9.17, 15) is 14.0 Å². The van der Waals surface area contributed by atoms with Crippen molar-refractivity contribution in [2.45, 2.75) is 36.2 Å². The smallest absolute Gasteiger partial charge is 0.323 e. The van der Waals surface area contributed by atoms with Crippen LogP contribution in [-0.4, -0.2) is 25.9 Å². The molecular weight excluding hydrogens is 343 g/mol. The minimum absolute atomic E-state index is 0.0634. The van der Waals surface area contributed by atoms with Gasteiger partial charge in [0, 0.05) is 11.1 Å². The minimum atomic E-state index is -0.599. The summed E-state index contributed by atoms with van der Waals surface area (Å²) < 4.78 is 15.3. The zero-order chi connectivity index (χ0) is 16.6. The van der Waals surface area contributed by atoms with E-state index in [2.05, 4.69) is 15.5 Å². The largest absolute Gasteiger partial charge is 0.344 e. The third-order valence-electron chi connectivity index (χ3n) is 3.42. The fraction of sp³-hybridized carbons (Fsp3) is 0.357. The van der Waals surface area contributed by atoms with E-state index >= 15 is 0 Å². The standard InChI is InChI=1S/C14H14ClFN4O2S/c1-7(12(21)17-11-5-2-8(15)6-10(11)16)23-14-19-18-13(22)20(14)9-3-4-9/h2,5-7,9H,3-4H2,1H3,(H,17,21)(H,18,22)/t7-/m0/s1. The number of amides is 1. The second-order valence-corrected chi connectivity index (χ2v) is 7.03. The Morgan fingerprint density at radius 3 is 2.96 bits per heavy atom. The number of hydrogen-bond donors (Lipinski definition) is 2. The molecule has 9 heteroatoms. The zero-order valence-electron chi connectivity index (χ0n) is 12.2. The number of aromatic amines is 1. The van der Waals surface area contributed by atoms with Gasteiger partial charge >= 0.3 is 5.69 Å². The van der Waals surface area contributed by atoms with E-state index in [4.69, 9.17) is 11.6 Å². The van der Waals surface area contributed by atoms with Gasteiger partial charge in [-0.25, -0.2) is 14.3 Å². The number of carbonyl (C=O) groups excluding carboxylic acids is 1. The number of carbonyl (C=O) groups is 1. The van der Waals surface area contributed by atoms with Crippen LogP contribution in [-0.2, 0) is 4.79 Å². The molecule has 0 bridgehead atoms. The SMILES string of the molecule is C[C@H](Sc1n[nH]c(=O)n1C1CC1)C(=O)Nc1ccc(Cl)cc1F. The lowest BCUT2D eigenvalue weighted by atomic mass is 10.3. The van der Waals surface area contributed by atoms with Crippen LogP contribution in [0.2, 0.25) is 5.02 Å². The quantitative estimate of drug-likeness (QED) is 0.807. The first-order valence-electron chi connectivity index (χ1n) is 7.05. The lowest BCUT2D eigenvalue weighted by Gasteiger charge is -2.12. The van der Waals surface area contributed by atoms with Crippen molar-refractivity contribution in [3.63, 3.8) is 0 Å². The van der Waals surface area contributed by atoms with Crippen molar-refractivity contribution in [3.8, 4) is 0 Å². The molecule has 1 aliphatic rings. The van der Waals surface area contributed by atoms with Crippen molar-refractivity contribution in [3.05, 3.63) is 39.5 Å². The van der Waals surface area contributed by atoms with Crippen LogP contribution in [0.1, 0.15) is 25.8 Å². The molecule has 1 saturated carbocycles. The summed E-state index contributed by atoms with van der Waals surface area (Å²) in [7, 11) is 0. The van der Waals surface area contributed by atoms with Gasteiger partial charge in [-0.1, -0.05) is 23.4 Å². The molecule has 2 N–H and O–H groups in total. The maximum atomic E-state index is 13.7. The molecule has 1 aromatic carbocycles. The molecule has 0 saturated heterocycles. The number of H-pyrrole nitrogens is 1. The van der Waals surface area contributed by atoms with E-state index in [1.54, 1.807) is 11.5 Å². The molecule has 1 aromatic heterocycles. The first-order valence-corrected chi connectivity index (χ1v) is 8.31. The normalized spacial score (nSPS) is 15.4. The Labute approximate surface area is 140 Å². The summed E-state index contributed by atoms with van der Waals surface area (Å²) in [5.41, 5.74) is -0.209. The van der Waals surface area contributed by atoms with Gasteiger partial charge in [-0.2, -0.15) is 0 Å². The van der Waals surface area contributed by atoms with Crippen LogP contribution in [0.3, 0.4) is 0 Å². The summed E-state index contributed by atoms with van der Waals surface area (Å²) >= 11 is 6.83. The Kier molecular flexibility index (Phi) is 4.45. The Hall–Kier alpha value is -1.80. The molecule has 1 fully saturated rings. The number of anilines is 1. The highest BCUT2D eigenvalue weighted by molar-refractivity contribution is 8.00. The molecule has 1 amide bonds. The van der Waals surface area contributed by atoms with E-state index in [1.807, 2.05) is 0 Å². The molecule has 2 aromatic rings. The third kappa shape index (κ3) is 3.59. The molecular formula is C14H14ClFN4O2S. The van der Waals surface area contributed by atoms with Crippen LogP contribution in [0.5, 0.6) is 0 Å². The summed E-state index contributed by atoms with van der Waals surface area (Å²) in [6.07, 6.45) is 1.87. The topological polar surface area (TPSA) is 79.8 Å². The zero-order valence-corrected chi connectivity index (χ0v) is 13.7. The fourth-order valence-electron chi connectivity index (χ4n) is 2.06. The lowest BCUT2D eigenvalue weighted by molar-refractivity contribution is -0.115. The number of hydrogen-bond acceptors (Lipinski definition) is 4. The summed E-state index contributed by atoms with van der Waals surface area (Å²) in [6, 6.07) is 4.19. The maximum Gasteiger partial charge on any atom is 0.344 e. The monoisotopic (exact) mass is 356 g/mol. The highest BCUT2D eigenvalue weighted by Crippen LogP contribution is 2.36. The third-order valence-corrected chi connectivity index (χ3v) is 4.73. The van der Waals surface area contributed by atoms with Gasteiger partial charge in [-0.15, -0.1) is 5.10 Å². The Morgan fingerprint density at radius 1 is 1.57 bits per heavy atom. The molecule has 122 valence electrons. The minimum Gasteiger partial charge on any atom is -0.323 e. The fourth-order valence-corrected chi connectivity index (χ4v) is 3.15. The molecule has 3 rings (SSSR count). The number of halogens is 2. The predicted octanol–water partition coefficient (Wildman–Crippen LogP) is 2.82. The molecule has 1 atom stereocenters. The number of aromatic nitrogens is 3. The van der Waals surface area contributed by atoms with Crippen LogP contribution < -0.4 is 11.0 Å². The van der Waals surface area contributed by atoms with Gasteiger partial charge in [0.05, 0.1) is 10.9 Å². The van der Waals surface area contributed by atoms with Crippen molar-refractivity contribution >= 4 is 35.0 Å². The van der Waals surface area contributed by atoms with Crippen molar-refractivity contribution in [2.75, 3.05) is 5.32 Å². The summed E-state index contributed by atoms with van der Waals surface area (Å²) in [4.78, 5) is 23.9. The van der Waals surface area contributed by atoms with Gasteiger partial charge in [0.15, 0.2) is 5.16 Å². The molecule has 0 unspecified atom stereocenters. The van der Waals surface area contributed by atoms with Crippen LogP contribution in [0, 0.1) is 5.82 Å². The Balaban J connectivity index is 1.69. The number of rotatable bonds is 5. The van der Waals surface area contributed by atoms with E-state index in [1.165, 1.54) is 12.1 Å². The van der Waals surface area contributed by atoms with Gasteiger partial charge < -0.3 is 5.32 Å². The van der Waals surface area contributed by atoms with Crippen molar-refractivity contribution < 1.29 is 9.18 Å². The van der Waals surface area contributed by atoms with Gasteiger partial charge in [0.25, 0.3) is 0 Å². The van der Waals surface area contributed by atoms with Gasteiger partial charge in [0.2, 0.25) is 5.91 Å². The number of nitrogens with one attached hydrogen (secondary N) is 2. The van der Waals surface area contributed by atoms with E-state index in [-0.39, 0.29) is 28.3 Å². The first kappa shape index (κ1) is 16.1. The maximum absolute atomic E-state index is 13.7. The second kappa shape index (κ2) is 6.37. The van der Waals surface area contributed by atoms with E-state index < -0.39 is 11.1 Å². The van der Waals surface area contributed by atoms with Gasteiger partial charge in [-0.3, -0.25) is 9.36 Å². The molecule has 0 spiro atoms. The highest BCUT2D eigenvalue weighted by atomic mass is 35.5. The van der Waals surface area contributed by atoms with Gasteiger partial charge in [-0.05, 0) is 38.0 Å². The predicted molar refractivity (Wildman–Crippen MR) is 86.5 cm³/mol. The molecule has 6 nitrogen and oxygen atoms in total. The summed E-state index contributed by atoms with van der Waals surface area (Å²) in [5, 5.41) is 9.04. The number of thioether (sulfide) groups is 1.